The van der Waals surface area contributed by atoms with Crippen LogP contribution in [0.3, 0.4) is 0 Å². The number of aryl methyl sites for hydroxylation is 1. The van der Waals surface area contributed by atoms with E-state index in [0.29, 0.717) is 5.56 Å². The standard InChI is InChI=1S/C14H18FNO/c1-10-9-11(6-7-12(10)15)14(16-2)13-5-3-4-8-17-13/h5-7,9,14,16H,3-4,8H2,1-2H3. The molecule has 2 nitrogen and oxygen atoms in total. The molecule has 1 heterocycles. The van der Waals surface area contributed by atoms with Crippen molar-refractivity contribution in [1.29, 1.82) is 0 Å². The zero-order valence-corrected chi connectivity index (χ0v) is 10.3. The minimum atomic E-state index is -0.165. The molecular formula is C14H18FNO. The molecule has 1 aromatic rings. The van der Waals surface area contributed by atoms with E-state index in [1.165, 1.54) is 6.07 Å². The van der Waals surface area contributed by atoms with Crippen LogP contribution in [0.25, 0.3) is 0 Å². The summed E-state index contributed by atoms with van der Waals surface area (Å²) in [5.74, 6) is 0.784. The third kappa shape index (κ3) is 2.67. The van der Waals surface area contributed by atoms with Crippen LogP contribution in [-0.2, 0) is 4.74 Å². The largest absolute Gasteiger partial charge is 0.496 e. The molecule has 1 aromatic carbocycles. The summed E-state index contributed by atoms with van der Waals surface area (Å²) in [6, 6.07) is 5.21. The highest BCUT2D eigenvalue weighted by Crippen LogP contribution is 2.26. The summed E-state index contributed by atoms with van der Waals surface area (Å²) in [5.41, 5.74) is 1.71. The molecule has 2 rings (SSSR count). The van der Waals surface area contributed by atoms with Crippen molar-refractivity contribution in [2.75, 3.05) is 13.7 Å². The lowest BCUT2D eigenvalue weighted by atomic mass is 10.0. The first-order valence-corrected chi connectivity index (χ1v) is 5.98. The predicted octanol–water partition coefficient (Wildman–Crippen LogP) is 3.09. The van der Waals surface area contributed by atoms with Crippen molar-refractivity contribution in [3.63, 3.8) is 0 Å². The molecular weight excluding hydrogens is 217 g/mol. The van der Waals surface area contributed by atoms with E-state index in [4.69, 9.17) is 4.74 Å². The second-order valence-electron chi connectivity index (χ2n) is 4.33. The van der Waals surface area contributed by atoms with Crippen molar-refractivity contribution in [3.05, 3.63) is 47.0 Å². The van der Waals surface area contributed by atoms with Gasteiger partial charge in [-0.15, -0.1) is 0 Å². The van der Waals surface area contributed by atoms with Crippen molar-refractivity contribution in [2.24, 2.45) is 0 Å². The maximum Gasteiger partial charge on any atom is 0.126 e. The van der Waals surface area contributed by atoms with E-state index in [1.54, 1.807) is 6.92 Å². The average Bonchev–Trinajstić information content (AvgIpc) is 2.36. The Hall–Kier alpha value is -1.35. The fraction of sp³-hybridized carbons (Fsp3) is 0.429. The first-order chi connectivity index (χ1) is 8.22. The van der Waals surface area contributed by atoms with Crippen molar-refractivity contribution < 1.29 is 9.13 Å². The number of benzene rings is 1. The van der Waals surface area contributed by atoms with Gasteiger partial charge in [-0.2, -0.15) is 0 Å². The number of halogens is 1. The van der Waals surface area contributed by atoms with E-state index in [0.717, 1.165) is 30.8 Å². The zero-order valence-electron chi connectivity index (χ0n) is 10.3. The summed E-state index contributed by atoms with van der Waals surface area (Å²) in [6.45, 7) is 2.55. The molecule has 3 heteroatoms. The molecule has 0 aliphatic carbocycles. The Morgan fingerprint density at radius 2 is 2.24 bits per heavy atom. The van der Waals surface area contributed by atoms with Gasteiger partial charge in [-0.05, 0) is 50.1 Å². The molecule has 0 aromatic heterocycles. The van der Waals surface area contributed by atoms with Crippen LogP contribution in [0.4, 0.5) is 4.39 Å². The fourth-order valence-electron chi connectivity index (χ4n) is 2.10. The number of hydrogen-bond acceptors (Lipinski definition) is 2. The minimum Gasteiger partial charge on any atom is -0.496 e. The summed E-state index contributed by atoms with van der Waals surface area (Å²) in [6.07, 6.45) is 4.24. The van der Waals surface area contributed by atoms with E-state index in [1.807, 2.05) is 19.2 Å². The van der Waals surface area contributed by atoms with E-state index in [9.17, 15) is 4.39 Å². The summed E-state index contributed by atoms with van der Waals surface area (Å²) < 4.78 is 18.9. The summed E-state index contributed by atoms with van der Waals surface area (Å²) in [7, 11) is 1.89. The molecule has 0 saturated heterocycles. The van der Waals surface area contributed by atoms with Crippen LogP contribution >= 0.6 is 0 Å². The quantitative estimate of drug-likeness (QED) is 0.869. The van der Waals surface area contributed by atoms with Crippen LogP contribution in [-0.4, -0.2) is 13.7 Å². The van der Waals surface area contributed by atoms with Gasteiger partial charge in [-0.3, -0.25) is 0 Å². The smallest absolute Gasteiger partial charge is 0.126 e. The molecule has 0 radical (unpaired) electrons. The SMILES string of the molecule is CNC(C1=CCCCO1)c1ccc(F)c(C)c1. The van der Waals surface area contributed by atoms with E-state index in [-0.39, 0.29) is 11.9 Å². The maximum atomic E-state index is 13.2. The number of ether oxygens (including phenoxy) is 1. The van der Waals surface area contributed by atoms with Gasteiger partial charge in [0.25, 0.3) is 0 Å². The van der Waals surface area contributed by atoms with Gasteiger partial charge in [-0.1, -0.05) is 12.1 Å². The van der Waals surface area contributed by atoms with Gasteiger partial charge in [0.1, 0.15) is 11.6 Å². The lowest BCUT2D eigenvalue weighted by Gasteiger charge is -2.24. The molecule has 1 aliphatic heterocycles. The molecule has 0 amide bonds. The molecule has 92 valence electrons. The topological polar surface area (TPSA) is 21.3 Å². The summed E-state index contributed by atoms with van der Waals surface area (Å²) >= 11 is 0. The van der Waals surface area contributed by atoms with Gasteiger partial charge in [0, 0.05) is 0 Å². The molecule has 1 aliphatic rings. The average molecular weight is 235 g/mol. The van der Waals surface area contributed by atoms with Gasteiger partial charge in [0.15, 0.2) is 0 Å². The minimum absolute atomic E-state index is 0.0228. The molecule has 1 unspecified atom stereocenters. The van der Waals surface area contributed by atoms with Crippen LogP contribution in [0.15, 0.2) is 30.0 Å². The normalized spacial score (nSPS) is 17.2. The first kappa shape index (κ1) is 12.1. The Bertz CT molecular complexity index is 428. The monoisotopic (exact) mass is 235 g/mol. The first-order valence-electron chi connectivity index (χ1n) is 5.98. The van der Waals surface area contributed by atoms with Gasteiger partial charge in [-0.25, -0.2) is 4.39 Å². The van der Waals surface area contributed by atoms with Gasteiger partial charge >= 0.3 is 0 Å². The van der Waals surface area contributed by atoms with Crippen LogP contribution in [0, 0.1) is 12.7 Å². The summed E-state index contributed by atoms with van der Waals surface area (Å²) in [4.78, 5) is 0. The molecule has 1 atom stereocenters. The lowest BCUT2D eigenvalue weighted by Crippen LogP contribution is -2.22. The molecule has 0 spiro atoms. The van der Waals surface area contributed by atoms with E-state index >= 15 is 0 Å². The van der Waals surface area contributed by atoms with Crippen LogP contribution < -0.4 is 5.32 Å². The van der Waals surface area contributed by atoms with E-state index in [2.05, 4.69) is 11.4 Å². The fourth-order valence-corrected chi connectivity index (χ4v) is 2.10. The van der Waals surface area contributed by atoms with Crippen molar-refractivity contribution in [1.82, 2.24) is 5.32 Å². The third-order valence-electron chi connectivity index (χ3n) is 3.05. The highest BCUT2D eigenvalue weighted by atomic mass is 19.1. The predicted molar refractivity (Wildman–Crippen MR) is 66.2 cm³/mol. The maximum absolute atomic E-state index is 13.2. The Morgan fingerprint density at radius 3 is 2.82 bits per heavy atom. The molecule has 0 saturated carbocycles. The Labute approximate surface area is 101 Å². The molecule has 0 bridgehead atoms. The van der Waals surface area contributed by atoms with E-state index < -0.39 is 0 Å². The number of likely N-dealkylation sites (N-methyl/N-ethyl adjacent to an activating group) is 1. The number of hydrogen-bond donors (Lipinski definition) is 1. The van der Waals surface area contributed by atoms with Gasteiger partial charge in [0.2, 0.25) is 0 Å². The van der Waals surface area contributed by atoms with Crippen molar-refractivity contribution in [2.45, 2.75) is 25.8 Å². The molecule has 1 N–H and O–H groups in total. The van der Waals surface area contributed by atoms with Crippen LogP contribution in [0.1, 0.15) is 30.0 Å². The van der Waals surface area contributed by atoms with Crippen molar-refractivity contribution >= 4 is 0 Å². The third-order valence-corrected chi connectivity index (χ3v) is 3.05. The zero-order chi connectivity index (χ0) is 12.3. The van der Waals surface area contributed by atoms with Gasteiger partial charge in [0.05, 0.1) is 12.6 Å². The second-order valence-corrected chi connectivity index (χ2v) is 4.33. The highest BCUT2D eigenvalue weighted by Gasteiger charge is 2.18. The number of rotatable bonds is 3. The summed E-state index contributed by atoms with van der Waals surface area (Å²) in [5, 5.41) is 3.22. The number of allylic oxidation sites excluding steroid dienone is 1. The van der Waals surface area contributed by atoms with Crippen LogP contribution in [0.5, 0.6) is 0 Å². The Balaban J connectivity index is 2.28. The second kappa shape index (κ2) is 5.32. The van der Waals surface area contributed by atoms with Crippen molar-refractivity contribution in [3.8, 4) is 0 Å². The van der Waals surface area contributed by atoms with Crippen LogP contribution in [0.2, 0.25) is 0 Å². The molecule has 17 heavy (non-hydrogen) atoms. The van der Waals surface area contributed by atoms with Gasteiger partial charge < -0.3 is 10.1 Å². The Morgan fingerprint density at radius 1 is 1.41 bits per heavy atom. The number of nitrogens with one attached hydrogen (secondary N) is 1. The molecule has 0 fully saturated rings. The lowest BCUT2D eigenvalue weighted by molar-refractivity contribution is 0.169. The Kier molecular flexibility index (Phi) is 3.79. The highest BCUT2D eigenvalue weighted by molar-refractivity contribution is 5.31.